The van der Waals surface area contributed by atoms with E-state index in [4.69, 9.17) is 5.11 Å². The van der Waals surface area contributed by atoms with E-state index >= 15 is 0 Å². The summed E-state index contributed by atoms with van der Waals surface area (Å²) in [5.41, 5.74) is 2.08. The Morgan fingerprint density at radius 3 is 2.62 bits per heavy atom. The molecule has 0 radical (unpaired) electrons. The Kier molecular flexibility index (Phi) is 4.99. The van der Waals surface area contributed by atoms with Crippen molar-refractivity contribution in [3.8, 4) is 0 Å². The molecule has 0 aliphatic carbocycles. The lowest BCUT2D eigenvalue weighted by Crippen LogP contribution is -2.27. The van der Waals surface area contributed by atoms with E-state index in [0.29, 0.717) is 10.2 Å². The van der Waals surface area contributed by atoms with Gasteiger partial charge in [-0.15, -0.1) is 11.3 Å². The number of nitrogens with zero attached hydrogens (tertiary/aromatic N) is 1. The minimum atomic E-state index is -1.10. The number of nitrogens with one attached hydrogen (secondary N) is 3. The molecule has 4 N–H and O–H groups in total. The summed E-state index contributed by atoms with van der Waals surface area (Å²) in [5, 5.41) is 16.0. The Bertz CT molecular complexity index is 1040. The van der Waals surface area contributed by atoms with Gasteiger partial charge >= 0.3 is 6.09 Å². The molecule has 0 fully saturated rings. The van der Waals surface area contributed by atoms with Gasteiger partial charge in [0.2, 0.25) is 5.82 Å². The summed E-state index contributed by atoms with van der Waals surface area (Å²) in [4.78, 5) is 42.2. The van der Waals surface area contributed by atoms with Crippen LogP contribution in [0.5, 0.6) is 0 Å². The number of hydrogen-bond acceptors (Lipinski definition) is 5. The molecule has 2 heterocycles. The van der Waals surface area contributed by atoms with E-state index in [2.05, 4.69) is 20.6 Å². The minimum Gasteiger partial charge on any atom is -0.465 e. The quantitative estimate of drug-likeness (QED) is 0.545. The molecule has 2 aromatic heterocycles. The van der Waals surface area contributed by atoms with E-state index < -0.39 is 12.0 Å². The van der Waals surface area contributed by atoms with Gasteiger partial charge in [-0.1, -0.05) is 24.3 Å². The Balaban J connectivity index is 1.70. The summed E-state index contributed by atoms with van der Waals surface area (Å²) in [5.74, 6) is -0.517. The first-order valence-electron chi connectivity index (χ1n) is 7.75. The summed E-state index contributed by atoms with van der Waals surface area (Å²) in [6, 6.07) is 7.17. The van der Waals surface area contributed by atoms with E-state index in [1.807, 2.05) is 18.4 Å². The largest absolute Gasteiger partial charge is 0.465 e. The lowest BCUT2D eigenvalue weighted by atomic mass is 10.1. The van der Waals surface area contributed by atoms with E-state index in [-0.39, 0.29) is 24.5 Å². The number of rotatable bonds is 5. The number of benzene rings is 1. The molecule has 134 valence electrons. The van der Waals surface area contributed by atoms with Crippen LogP contribution in [0.3, 0.4) is 0 Å². The first-order chi connectivity index (χ1) is 12.4. The molecule has 2 amide bonds. The van der Waals surface area contributed by atoms with Crippen molar-refractivity contribution >= 4 is 33.6 Å². The fraction of sp³-hybridized carbons (Fsp3) is 0.176. The van der Waals surface area contributed by atoms with Crippen molar-refractivity contribution in [2.75, 3.05) is 0 Å². The zero-order valence-electron chi connectivity index (χ0n) is 13.8. The topological polar surface area (TPSA) is 124 Å². The van der Waals surface area contributed by atoms with Gasteiger partial charge in [0.25, 0.3) is 11.5 Å². The van der Waals surface area contributed by atoms with Gasteiger partial charge in [0.15, 0.2) is 0 Å². The van der Waals surface area contributed by atoms with Gasteiger partial charge in [0.1, 0.15) is 4.83 Å². The van der Waals surface area contributed by atoms with Crippen LogP contribution in [-0.4, -0.2) is 27.1 Å². The van der Waals surface area contributed by atoms with Crippen LogP contribution >= 0.6 is 11.3 Å². The van der Waals surface area contributed by atoms with Crippen molar-refractivity contribution in [3.63, 3.8) is 0 Å². The molecule has 9 heteroatoms. The van der Waals surface area contributed by atoms with Crippen LogP contribution in [0.25, 0.3) is 10.2 Å². The lowest BCUT2D eigenvalue weighted by Gasteiger charge is -2.07. The van der Waals surface area contributed by atoms with Crippen LogP contribution in [0.1, 0.15) is 27.3 Å². The van der Waals surface area contributed by atoms with Crippen molar-refractivity contribution in [1.29, 1.82) is 0 Å². The number of carbonyl (C=O) groups is 2. The molecule has 3 rings (SSSR count). The van der Waals surface area contributed by atoms with Crippen LogP contribution in [0, 0.1) is 6.92 Å². The molecule has 0 saturated heterocycles. The highest BCUT2D eigenvalue weighted by Gasteiger charge is 2.13. The number of aromatic nitrogens is 2. The van der Waals surface area contributed by atoms with Crippen molar-refractivity contribution in [3.05, 3.63) is 62.5 Å². The normalized spacial score (nSPS) is 10.7. The Morgan fingerprint density at radius 2 is 1.92 bits per heavy atom. The third-order valence-electron chi connectivity index (χ3n) is 3.73. The molecule has 26 heavy (non-hydrogen) atoms. The molecule has 0 bridgehead atoms. The summed E-state index contributed by atoms with van der Waals surface area (Å²) in [6.07, 6.45) is -1.10. The number of fused-ring (bicyclic) bond motifs is 1. The van der Waals surface area contributed by atoms with Crippen LogP contribution in [0.4, 0.5) is 4.79 Å². The zero-order valence-corrected chi connectivity index (χ0v) is 14.6. The van der Waals surface area contributed by atoms with Gasteiger partial charge in [0.05, 0.1) is 5.39 Å². The molecular formula is C17H16N4O4S. The van der Waals surface area contributed by atoms with Crippen molar-refractivity contribution in [2.45, 2.75) is 20.0 Å². The maximum atomic E-state index is 12.3. The molecule has 0 aliphatic heterocycles. The molecule has 8 nitrogen and oxygen atoms in total. The monoisotopic (exact) mass is 372 g/mol. The van der Waals surface area contributed by atoms with Crippen molar-refractivity contribution in [2.24, 2.45) is 0 Å². The third kappa shape index (κ3) is 3.89. The van der Waals surface area contributed by atoms with Gasteiger partial charge in [-0.2, -0.15) is 0 Å². The second-order valence-electron chi connectivity index (χ2n) is 5.67. The standard InChI is InChI=1S/C17H16N4O4S/c1-9-8-26-16-12(9)14(22)20-13(21-16)15(23)18-6-10-3-2-4-11(5-10)7-19-17(24)25/h2-5,8,19H,6-7H2,1H3,(H,18,23)(H,24,25)(H,20,21,22). The number of carbonyl (C=O) groups excluding carboxylic acids is 1. The maximum absolute atomic E-state index is 12.3. The van der Waals surface area contributed by atoms with Crippen molar-refractivity contribution in [1.82, 2.24) is 20.6 Å². The molecule has 0 saturated carbocycles. The first-order valence-corrected chi connectivity index (χ1v) is 8.63. The fourth-order valence-electron chi connectivity index (χ4n) is 2.49. The highest BCUT2D eigenvalue weighted by molar-refractivity contribution is 7.16. The van der Waals surface area contributed by atoms with Gasteiger partial charge < -0.3 is 20.7 Å². The molecular weight excluding hydrogens is 356 g/mol. The first kappa shape index (κ1) is 17.6. The van der Waals surface area contributed by atoms with Gasteiger partial charge in [0, 0.05) is 13.1 Å². The maximum Gasteiger partial charge on any atom is 0.404 e. The Hall–Kier alpha value is -3.20. The number of aromatic amines is 1. The third-order valence-corrected chi connectivity index (χ3v) is 4.72. The van der Waals surface area contributed by atoms with E-state index in [1.54, 1.807) is 18.2 Å². The second-order valence-corrected chi connectivity index (χ2v) is 6.53. The number of aryl methyl sites for hydroxylation is 1. The highest BCUT2D eigenvalue weighted by Crippen LogP contribution is 2.19. The molecule has 0 atom stereocenters. The number of hydrogen-bond donors (Lipinski definition) is 4. The average molecular weight is 372 g/mol. The highest BCUT2D eigenvalue weighted by atomic mass is 32.1. The number of amides is 2. The smallest absolute Gasteiger partial charge is 0.404 e. The summed E-state index contributed by atoms with van der Waals surface area (Å²) >= 11 is 1.32. The SMILES string of the molecule is Cc1csc2nc(C(=O)NCc3cccc(CNC(=O)O)c3)[nH]c(=O)c12. The van der Waals surface area contributed by atoms with E-state index in [1.165, 1.54) is 11.3 Å². The van der Waals surface area contributed by atoms with Crippen LogP contribution in [-0.2, 0) is 13.1 Å². The van der Waals surface area contributed by atoms with Crippen LogP contribution in [0.15, 0.2) is 34.4 Å². The summed E-state index contributed by atoms with van der Waals surface area (Å²) in [6.45, 7) is 2.23. The summed E-state index contributed by atoms with van der Waals surface area (Å²) in [7, 11) is 0. The minimum absolute atomic E-state index is 0.0342. The van der Waals surface area contributed by atoms with Crippen molar-refractivity contribution < 1.29 is 14.7 Å². The van der Waals surface area contributed by atoms with Crippen LogP contribution in [0.2, 0.25) is 0 Å². The molecule has 3 aromatic rings. The van der Waals surface area contributed by atoms with E-state index in [0.717, 1.165) is 16.7 Å². The van der Waals surface area contributed by atoms with E-state index in [9.17, 15) is 14.4 Å². The molecule has 1 aromatic carbocycles. The predicted octanol–water partition coefficient (Wildman–Crippen LogP) is 1.99. The van der Waals surface area contributed by atoms with Gasteiger partial charge in [-0.3, -0.25) is 9.59 Å². The van der Waals surface area contributed by atoms with Crippen LogP contribution < -0.4 is 16.2 Å². The zero-order chi connectivity index (χ0) is 18.7. The predicted molar refractivity (Wildman–Crippen MR) is 97.5 cm³/mol. The molecule has 0 unspecified atom stereocenters. The van der Waals surface area contributed by atoms with Gasteiger partial charge in [-0.25, -0.2) is 9.78 Å². The average Bonchev–Trinajstić information content (AvgIpc) is 2.99. The summed E-state index contributed by atoms with van der Waals surface area (Å²) < 4.78 is 0. The Morgan fingerprint density at radius 1 is 1.23 bits per heavy atom. The number of carboxylic acid groups (broad SMARTS) is 1. The molecule has 0 aliphatic rings. The second kappa shape index (κ2) is 7.36. The Labute approximate surface area is 151 Å². The number of H-pyrrole nitrogens is 1. The lowest BCUT2D eigenvalue weighted by molar-refractivity contribution is 0.0940. The van der Waals surface area contributed by atoms with Gasteiger partial charge in [-0.05, 0) is 29.0 Å². The fourth-order valence-corrected chi connectivity index (χ4v) is 3.41. The molecule has 0 spiro atoms. The number of thiophene rings is 1.